The molecule has 3 N–H and O–H groups in total. The van der Waals surface area contributed by atoms with Crippen LogP contribution in [-0.2, 0) is 27.9 Å². The lowest BCUT2D eigenvalue weighted by Gasteiger charge is -2.36. The number of hydrogen-bond donors (Lipinski definition) is 2. The largest absolute Gasteiger partial charge is 0.464 e. The molecule has 0 amide bonds. The van der Waals surface area contributed by atoms with Crippen LogP contribution in [0.3, 0.4) is 0 Å². The standard InChI is InChI=1S/C18H26ClN6O6P/c1-9(2)16(26)28-5-10(3)24-32(27)29-6-11-13(31-32)18(4,19)17(30-11)25-8-23-12-14(20)21-7-22-15(12)25/h7-11,13,17H,5-6H2,1-4H3,(H,24,27)(H2,20,21,22). The number of esters is 1. The van der Waals surface area contributed by atoms with Crippen molar-refractivity contribution < 1.29 is 27.9 Å². The minimum Gasteiger partial charge on any atom is -0.464 e. The van der Waals surface area contributed by atoms with Crippen molar-refractivity contribution in [1.82, 2.24) is 24.6 Å². The number of carbonyl (C=O) groups is 1. The lowest BCUT2D eigenvalue weighted by molar-refractivity contribution is -0.147. The van der Waals surface area contributed by atoms with E-state index in [4.69, 9.17) is 35.9 Å². The Balaban J connectivity index is 1.49. The maximum Gasteiger partial charge on any atom is 0.406 e. The van der Waals surface area contributed by atoms with Gasteiger partial charge in [0.15, 0.2) is 17.7 Å². The molecule has 2 aromatic heterocycles. The third-order valence-corrected chi connectivity index (χ3v) is 7.46. The minimum atomic E-state index is -3.74. The smallest absolute Gasteiger partial charge is 0.406 e. The molecule has 12 nitrogen and oxygen atoms in total. The molecule has 6 atom stereocenters. The normalized spacial score (nSPS) is 33.4. The van der Waals surface area contributed by atoms with Gasteiger partial charge in [0.25, 0.3) is 0 Å². The van der Waals surface area contributed by atoms with Crippen LogP contribution in [0.4, 0.5) is 5.82 Å². The summed E-state index contributed by atoms with van der Waals surface area (Å²) >= 11 is 6.89. The maximum absolute atomic E-state index is 13.2. The van der Waals surface area contributed by atoms with E-state index in [0.717, 1.165) is 0 Å². The van der Waals surface area contributed by atoms with E-state index in [-0.39, 0.29) is 30.9 Å². The summed E-state index contributed by atoms with van der Waals surface area (Å²) in [6.07, 6.45) is 0.773. The molecule has 0 radical (unpaired) electrons. The molecule has 2 aromatic rings. The highest BCUT2D eigenvalue weighted by Gasteiger charge is 2.59. The summed E-state index contributed by atoms with van der Waals surface area (Å²) in [7, 11) is -3.74. The molecule has 14 heteroatoms. The van der Waals surface area contributed by atoms with Crippen LogP contribution in [0, 0.1) is 5.92 Å². The molecule has 0 aromatic carbocycles. The minimum absolute atomic E-state index is 0.00396. The van der Waals surface area contributed by atoms with Crippen molar-refractivity contribution in [3.63, 3.8) is 0 Å². The predicted molar refractivity (Wildman–Crippen MR) is 115 cm³/mol. The third-order valence-electron chi connectivity index (χ3n) is 5.31. The van der Waals surface area contributed by atoms with E-state index < -0.39 is 37.1 Å². The van der Waals surface area contributed by atoms with Gasteiger partial charge in [0.2, 0.25) is 0 Å². The van der Waals surface area contributed by atoms with Gasteiger partial charge >= 0.3 is 13.7 Å². The van der Waals surface area contributed by atoms with Gasteiger partial charge in [0, 0.05) is 6.04 Å². The molecule has 2 aliphatic heterocycles. The summed E-state index contributed by atoms with van der Waals surface area (Å²) < 4.78 is 37.5. The summed E-state index contributed by atoms with van der Waals surface area (Å²) in [5, 5.41) is 2.79. The fraction of sp³-hybridized carbons (Fsp3) is 0.667. The zero-order valence-corrected chi connectivity index (χ0v) is 19.7. The van der Waals surface area contributed by atoms with E-state index in [9.17, 15) is 9.36 Å². The zero-order chi connectivity index (χ0) is 23.3. The van der Waals surface area contributed by atoms with Gasteiger partial charge in [0.1, 0.15) is 35.5 Å². The summed E-state index contributed by atoms with van der Waals surface area (Å²) in [5.74, 6) is -0.369. The van der Waals surface area contributed by atoms with Gasteiger partial charge in [-0.1, -0.05) is 13.8 Å². The molecule has 32 heavy (non-hydrogen) atoms. The fourth-order valence-electron chi connectivity index (χ4n) is 3.65. The van der Waals surface area contributed by atoms with E-state index in [2.05, 4.69) is 20.0 Å². The topological polar surface area (TPSA) is 153 Å². The SMILES string of the molecule is CC(COC(=O)C(C)C)NP1(=O)OCC2OC(n3cnc4c(N)ncnc43)C(C)(Cl)C2O1. The van der Waals surface area contributed by atoms with E-state index in [0.29, 0.717) is 11.2 Å². The molecule has 2 aliphatic rings. The number of halogens is 1. The Bertz CT molecular complexity index is 1060. The Morgan fingerprint density at radius 3 is 2.91 bits per heavy atom. The van der Waals surface area contributed by atoms with Crippen LogP contribution in [0.5, 0.6) is 0 Å². The second-order valence-corrected chi connectivity index (χ2v) is 10.9. The number of anilines is 1. The average molecular weight is 489 g/mol. The lowest BCUT2D eigenvalue weighted by atomic mass is 10.0. The highest BCUT2D eigenvalue weighted by Crippen LogP contribution is 2.57. The van der Waals surface area contributed by atoms with Crippen molar-refractivity contribution in [2.75, 3.05) is 18.9 Å². The van der Waals surface area contributed by atoms with Crippen molar-refractivity contribution in [2.24, 2.45) is 5.92 Å². The Kier molecular flexibility index (Phi) is 6.21. The molecule has 0 saturated carbocycles. The lowest BCUT2D eigenvalue weighted by Crippen LogP contribution is -2.46. The van der Waals surface area contributed by atoms with Gasteiger partial charge < -0.3 is 15.2 Å². The number of nitrogens with two attached hydrogens (primary N) is 1. The molecule has 0 aliphatic carbocycles. The summed E-state index contributed by atoms with van der Waals surface area (Å²) in [6, 6.07) is -0.475. The number of nitrogen functional groups attached to an aromatic ring is 1. The number of rotatable bonds is 6. The number of nitrogens with zero attached hydrogens (tertiary/aromatic N) is 4. The first-order valence-electron chi connectivity index (χ1n) is 10.2. The van der Waals surface area contributed by atoms with Crippen LogP contribution in [0.25, 0.3) is 11.2 Å². The van der Waals surface area contributed by atoms with Crippen LogP contribution >= 0.6 is 19.3 Å². The van der Waals surface area contributed by atoms with Gasteiger partial charge in [0.05, 0.1) is 18.9 Å². The maximum atomic E-state index is 13.2. The van der Waals surface area contributed by atoms with E-state index in [1.165, 1.54) is 12.7 Å². The summed E-state index contributed by atoms with van der Waals surface area (Å²) in [6.45, 7) is 6.91. The Hall–Kier alpha value is -1.82. The second-order valence-electron chi connectivity index (χ2n) is 8.40. The molecule has 0 spiro atoms. The highest BCUT2D eigenvalue weighted by atomic mass is 35.5. The Morgan fingerprint density at radius 2 is 2.19 bits per heavy atom. The van der Waals surface area contributed by atoms with Gasteiger partial charge in [-0.2, -0.15) is 0 Å². The molecule has 6 unspecified atom stereocenters. The number of aromatic nitrogens is 4. The first-order valence-corrected chi connectivity index (χ1v) is 12.1. The van der Waals surface area contributed by atoms with Gasteiger partial charge in [-0.3, -0.25) is 18.4 Å². The van der Waals surface area contributed by atoms with Crippen LogP contribution in [-0.4, -0.2) is 61.8 Å². The molecular formula is C18H26ClN6O6P. The van der Waals surface area contributed by atoms with Crippen LogP contribution < -0.4 is 10.8 Å². The monoisotopic (exact) mass is 488 g/mol. The summed E-state index contributed by atoms with van der Waals surface area (Å²) in [4.78, 5) is 23.0. The first kappa shape index (κ1) is 23.3. The van der Waals surface area contributed by atoms with Crippen LogP contribution in [0.15, 0.2) is 12.7 Å². The molecule has 2 fully saturated rings. The number of alkyl halides is 1. The molecule has 4 heterocycles. The van der Waals surface area contributed by atoms with Crippen molar-refractivity contribution in [3.05, 3.63) is 12.7 Å². The van der Waals surface area contributed by atoms with Gasteiger partial charge in [-0.05, 0) is 13.8 Å². The number of fused-ring (bicyclic) bond motifs is 2. The van der Waals surface area contributed by atoms with E-state index in [1.54, 1.807) is 32.3 Å². The quantitative estimate of drug-likeness (QED) is 0.348. The highest BCUT2D eigenvalue weighted by molar-refractivity contribution is 7.51. The molecule has 4 rings (SSSR count). The Labute approximate surface area is 189 Å². The Morgan fingerprint density at radius 1 is 1.44 bits per heavy atom. The molecule has 2 saturated heterocycles. The van der Waals surface area contributed by atoms with Crippen LogP contribution in [0.2, 0.25) is 0 Å². The first-order chi connectivity index (χ1) is 15.0. The number of nitrogens with one attached hydrogen (secondary N) is 1. The predicted octanol–water partition coefficient (Wildman–Crippen LogP) is 2.00. The molecule has 176 valence electrons. The van der Waals surface area contributed by atoms with Crippen molar-refractivity contribution in [1.29, 1.82) is 0 Å². The number of hydrogen-bond acceptors (Lipinski definition) is 10. The number of carbonyl (C=O) groups excluding carboxylic acids is 1. The van der Waals surface area contributed by atoms with Crippen LogP contribution in [0.1, 0.15) is 33.9 Å². The molecular weight excluding hydrogens is 463 g/mol. The average Bonchev–Trinajstić information content (AvgIpc) is 3.25. The fourth-order valence-corrected chi connectivity index (χ4v) is 5.86. The second kappa shape index (κ2) is 8.51. The van der Waals surface area contributed by atoms with E-state index in [1.807, 2.05) is 0 Å². The van der Waals surface area contributed by atoms with Crippen molar-refractivity contribution >= 4 is 42.3 Å². The van der Waals surface area contributed by atoms with E-state index >= 15 is 0 Å². The van der Waals surface area contributed by atoms with Gasteiger partial charge in [-0.15, -0.1) is 11.6 Å². The number of ether oxygens (including phenoxy) is 2. The zero-order valence-electron chi connectivity index (χ0n) is 18.1. The number of imidazole rings is 1. The molecule has 0 bridgehead atoms. The van der Waals surface area contributed by atoms with Gasteiger partial charge in [-0.25, -0.2) is 24.6 Å². The van der Waals surface area contributed by atoms with Crippen molar-refractivity contribution in [3.8, 4) is 0 Å². The third kappa shape index (κ3) is 4.23. The van der Waals surface area contributed by atoms with Crippen molar-refractivity contribution in [2.45, 2.75) is 57.0 Å². The summed E-state index contributed by atoms with van der Waals surface area (Å²) in [5.41, 5.74) is 6.75.